The van der Waals surface area contributed by atoms with Crippen LogP contribution in [0.25, 0.3) is 0 Å². The highest BCUT2D eigenvalue weighted by Crippen LogP contribution is 2.22. The van der Waals surface area contributed by atoms with Crippen LogP contribution < -0.4 is 10.1 Å². The molecule has 0 aromatic heterocycles. The van der Waals surface area contributed by atoms with Gasteiger partial charge >= 0.3 is 0 Å². The Kier molecular flexibility index (Phi) is 5.97. The first-order valence-corrected chi connectivity index (χ1v) is 9.53. The molecule has 0 aliphatic carbocycles. The molecule has 2 aliphatic heterocycles. The lowest BCUT2D eigenvalue weighted by Gasteiger charge is -2.35. The first-order valence-electron chi connectivity index (χ1n) is 9.53. The molecule has 1 aromatic carbocycles. The average molecular weight is 345 g/mol. The summed E-state index contributed by atoms with van der Waals surface area (Å²) >= 11 is 0. The third-order valence-corrected chi connectivity index (χ3v) is 5.51. The molecule has 2 fully saturated rings. The summed E-state index contributed by atoms with van der Waals surface area (Å²) < 4.78 is 5.61. The molecule has 0 bridgehead atoms. The quantitative estimate of drug-likeness (QED) is 0.889. The van der Waals surface area contributed by atoms with E-state index in [-0.39, 0.29) is 11.9 Å². The van der Waals surface area contributed by atoms with Crippen LogP contribution in [-0.2, 0) is 0 Å². The smallest absolute Gasteiger partial charge is 0.251 e. The van der Waals surface area contributed by atoms with E-state index in [1.54, 1.807) is 0 Å². The molecule has 5 heteroatoms. The van der Waals surface area contributed by atoms with Crippen molar-refractivity contribution in [1.29, 1.82) is 0 Å². The lowest BCUT2D eigenvalue weighted by atomic mass is 10.0. The van der Waals surface area contributed by atoms with E-state index < -0.39 is 0 Å². The van der Waals surface area contributed by atoms with Crippen molar-refractivity contribution in [3.63, 3.8) is 0 Å². The molecule has 1 N–H and O–H groups in total. The van der Waals surface area contributed by atoms with Gasteiger partial charge in [0.25, 0.3) is 5.91 Å². The van der Waals surface area contributed by atoms with Crippen molar-refractivity contribution in [3.05, 3.63) is 29.3 Å². The zero-order chi connectivity index (χ0) is 17.8. The van der Waals surface area contributed by atoms with Crippen LogP contribution in [0.4, 0.5) is 0 Å². The highest BCUT2D eigenvalue weighted by Gasteiger charge is 2.30. The molecule has 2 saturated heterocycles. The molecule has 0 saturated carbocycles. The molecule has 138 valence electrons. The summed E-state index contributed by atoms with van der Waals surface area (Å²) in [6.45, 7) is 9.01. The van der Waals surface area contributed by atoms with Gasteiger partial charge in [-0.05, 0) is 70.9 Å². The summed E-state index contributed by atoms with van der Waals surface area (Å²) in [6.07, 6.45) is 3.53. The van der Waals surface area contributed by atoms with E-state index in [2.05, 4.69) is 22.2 Å². The van der Waals surface area contributed by atoms with Crippen LogP contribution in [0.2, 0.25) is 0 Å². The van der Waals surface area contributed by atoms with E-state index in [0.717, 1.165) is 30.8 Å². The number of piperidine rings is 1. The minimum absolute atomic E-state index is 0.0104. The van der Waals surface area contributed by atoms with Crippen LogP contribution >= 0.6 is 0 Å². The summed E-state index contributed by atoms with van der Waals surface area (Å²) in [5.41, 5.74) is 1.75. The number of hydrogen-bond acceptors (Lipinski definition) is 4. The van der Waals surface area contributed by atoms with Crippen LogP contribution in [0.3, 0.4) is 0 Å². The van der Waals surface area contributed by atoms with Crippen LogP contribution in [-0.4, -0.2) is 67.6 Å². The first kappa shape index (κ1) is 18.2. The van der Waals surface area contributed by atoms with Gasteiger partial charge in [-0.25, -0.2) is 0 Å². The fourth-order valence-electron chi connectivity index (χ4n) is 3.92. The maximum atomic E-state index is 12.6. The molecule has 2 heterocycles. The van der Waals surface area contributed by atoms with Crippen LogP contribution in [0.5, 0.6) is 5.75 Å². The number of likely N-dealkylation sites (tertiary alicyclic amines) is 2. The number of hydrogen-bond donors (Lipinski definition) is 1. The van der Waals surface area contributed by atoms with Gasteiger partial charge < -0.3 is 15.0 Å². The van der Waals surface area contributed by atoms with Gasteiger partial charge in [-0.1, -0.05) is 6.07 Å². The fourth-order valence-corrected chi connectivity index (χ4v) is 3.92. The van der Waals surface area contributed by atoms with Crippen LogP contribution in [0.1, 0.15) is 42.1 Å². The van der Waals surface area contributed by atoms with Crippen molar-refractivity contribution in [3.8, 4) is 5.75 Å². The zero-order valence-corrected chi connectivity index (χ0v) is 15.8. The number of amides is 1. The Morgan fingerprint density at radius 3 is 2.72 bits per heavy atom. The van der Waals surface area contributed by atoms with Gasteiger partial charge in [-0.2, -0.15) is 0 Å². The number of aryl methyl sites for hydroxylation is 1. The molecule has 3 rings (SSSR count). The Morgan fingerprint density at radius 1 is 1.24 bits per heavy atom. The Labute approximate surface area is 151 Å². The molecule has 0 spiro atoms. The molecular weight excluding hydrogens is 314 g/mol. The average Bonchev–Trinajstić information content (AvgIpc) is 3.06. The summed E-state index contributed by atoms with van der Waals surface area (Å²) in [5, 5.41) is 3.22. The number of nitrogens with one attached hydrogen (secondary N) is 1. The largest absolute Gasteiger partial charge is 0.494 e. The maximum Gasteiger partial charge on any atom is 0.251 e. The Morgan fingerprint density at radius 2 is 2.00 bits per heavy atom. The van der Waals surface area contributed by atoms with Crippen molar-refractivity contribution in [2.24, 2.45) is 0 Å². The van der Waals surface area contributed by atoms with Gasteiger partial charge in [-0.15, -0.1) is 0 Å². The van der Waals surface area contributed by atoms with Crippen LogP contribution in [0.15, 0.2) is 18.2 Å². The van der Waals surface area contributed by atoms with E-state index in [4.69, 9.17) is 4.74 Å². The molecule has 5 nitrogen and oxygen atoms in total. The van der Waals surface area contributed by atoms with E-state index in [1.165, 1.54) is 25.9 Å². The predicted octanol–water partition coefficient (Wildman–Crippen LogP) is 2.29. The van der Waals surface area contributed by atoms with Gasteiger partial charge in [0, 0.05) is 30.7 Å². The number of ether oxygens (including phenoxy) is 1. The van der Waals surface area contributed by atoms with E-state index in [1.807, 2.05) is 32.0 Å². The third kappa shape index (κ3) is 4.53. The summed E-state index contributed by atoms with van der Waals surface area (Å²) in [5.74, 6) is 0.811. The number of nitrogens with zero attached hydrogens (tertiary/aromatic N) is 2. The number of rotatable bonds is 5. The molecular formula is C20H31N3O2. The highest BCUT2D eigenvalue weighted by atomic mass is 16.5. The summed E-state index contributed by atoms with van der Waals surface area (Å²) in [4.78, 5) is 17.6. The lowest BCUT2D eigenvalue weighted by molar-refractivity contribution is 0.0931. The first-order chi connectivity index (χ1) is 12.1. The summed E-state index contributed by atoms with van der Waals surface area (Å²) in [7, 11) is 2.20. The van der Waals surface area contributed by atoms with E-state index >= 15 is 0 Å². The lowest BCUT2D eigenvalue weighted by Crippen LogP contribution is -2.44. The minimum atomic E-state index is 0.0104. The maximum absolute atomic E-state index is 12.6. The van der Waals surface area contributed by atoms with Gasteiger partial charge in [0.1, 0.15) is 5.75 Å². The minimum Gasteiger partial charge on any atom is -0.494 e. The monoisotopic (exact) mass is 345 g/mol. The molecule has 2 aliphatic rings. The Bertz CT molecular complexity index is 597. The highest BCUT2D eigenvalue weighted by molar-refractivity contribution is 5.95. The molecule has 1 atom stereocenters. The SMILES string of the molecule is CCOc1cc(C(=O)NC2CCN(C3CCN(C)CC3)C2)ccc1C. The Balaban J connectivity index is 1.54. The van der Waals surface area contributed by atoms with Crippen molar-refractivity contribution in [1.82, 2.24) is 15.1 Å². The number of carbonyl (C=O) groups excluding carboxylic acids is 1. The van der Waals surface area contributed by atoms with Crippen molar-refractivity contribution < 1.29 is 9.53 Å². The van der Waals surface area contributed by atoms with Crippen LogP contribution in [0, 0.1) is 6.92 Å². The van der Waals surface area contributed by atoms with Gasteiger partial charge in [0.2, 0.25) is 0 Å². The fraction of sp³-hybridized carbons (Fsp3) is 0.650. The normalized spacial score (nSPS) is 22.9. The predicted molar refractivity (Wildman–Crippen MR) is 100 cm³/mol. The third-order valence-electron chi connectivity index (χ3n) is 5.51. The topological polar surface area (TPSA) is 44.8 Å². The van der Waals surface area contributed by atoms with Crippen molar-refractivity contribution in [2.45, 2.75) is 45.2 Å². The number of carbonyl (C=O) groups is 1. The molecule has 1 aromatic rings. The molecule has 1 amide bonds. The van der Waals surface area contributed by atoms with Gasteiger partial charge in [0.15, 0.2) is 0 Å². The zero-order valence-electron chi connectivity index (χ0n) is 15.8. The van der Waals surface area contributed by atoms with Crippen molar-refractivity contribution in [2.75, 3.05) is 39.8 Å². The second kappa shape index (κ2) is 8.19. The standard InChI is InChI=1S/C20H31N3O2/c1-4-25-19-13-16(6-5-15(19)2)20(24)21-17-7-12-23(14-17)18-8-10-22(3)11-9-18/h5-6,13,17-18H,4,7-12,14H2,1-3H3,(H,21,24). The van der Waals surface area contributed by atoms with Gasteiger partial charge in [0.05, 0.1) is 6.61 Å². The summed E-state index contributed by atoms with van der Waals surface area (Å²) in [6, 6.07) is 6.64. The second-order valence-corrected chi connectivity index (χ2v) is 7.40. The Hall–Kier alpha value is -1.59. The van der Waals surface area contributed by atoms with E-state index in [0.29, 0.717) is 18.2 Å². The molecule has 25 heavy (non-hydrogen) atoms. The molecule has 0 radical (unpaired) electrons. The van der Waals surface area contributed by atoms with Crippen molar-refractivity contribution >= 4 is 5.91 Å². The number of benzene rings is 1. The molecule has 1 unspecified atom stereocenters. The van der Waals surface area contributed by atoms with E-state index in [9.17, 15) is 4.79 Å². The van der Waals surface area contributed by atoms with Gasteiger partial charge in [-0.3, -0.25) is 9.69 Å². The second-order valence-electron chi connectivity index (χ2n) is 7.40.